The molecule has 120 valence electrons. The number of furan rings is 1. The van der Waals surface area contributed by atoms with Crippen LogP contribution in [0.5, 0.6) is 0 Å². The first kappa shape index (κ1) is 19.1. The predicted molar refractivity (Wildman–Crippen MR) is 102 cm³/mol. The average molecular weight is 454 g/mol. The van der Waals surface area contributed by atoms with Crippen LogP contribution in [0.4, 0.5) is 0 Å². The lowest BCUT2D eigenvalue weighted by atomic mass is 10.2. The van der Waals surface area contributed by atoms with Crippen LogP contribution >= 0.6 is 47.2 Å². The van der Waals surface area contributed by atoms with Crippen LogP contribution < -0.4 is 10.6 Å². The molecule has 22 heavy (non-hydrogen) atoms. The molecule has 1 aromatic carbocycles. The molecule has 2 rings (SSSR count). The van der Waals surface area contributed by atoms with E-state index in [1.807, 2.05) is 31.2 Å². The van der Waals surface area contributed by atoms with Gasteiger partial charge in [0.15, 0.2) is 5.96 Å². The number of nitrogens with zero attached hydrogens (tertiary/aromatic N) is 1. The Bertz CT molecular complexity index is 603. The summed E-state index contributed by atoms with van der Waals surface area (Å²) in [4.78, 5) is 4.50. The highest BCUT2D eigenvalue weighted by molar-refractivity contribution is 14.0. The van der Waals surface area contributed by atoms with Crippen molar-refractivity contribution in [1.29, 1.82) is 0 Å². The van der Waals surface area contributed by atoms with Crippen molar-refractivity contribution >= 4 is 53.1 Å². The third-order valence-corrected chi connectivity index (χ3v) is 3.36. The quantitative estimate of drug-likeness (QED) is 0.399. The number of nitrogens with one attached hydrogen (secondary N) is 2. The second-order valence-electron chi connectivity index (χ2n) is 4.36. The van der Waals surface area contributed by atoms with Crippen molar-refractivity contribution < 1.29 is 4.42 Å². The normalized spacial score (nSPS) is 11.0. The molecule has 0 aliphatic carbocycles. The Morgan fingerprint density at radius 3 is 2.68 bits per heavy atom. The molecule has 0 spiro atoms. The molecule has 7 heteroatoms. The fraction of sp³-hybridized carbons (Fsp3) is 0.267. The Hall–Kier alpha value is -0.920. The molecule has 0 amide bonds. The third-order valence-electron chi connectivity index (χ3n) is 2.78. The number of benzene rings is 1. The molecule has 0 fully saturated rings. The van der Waals surface area contributed by atoms with Crippen molar-refractivity contribution in [3.63, 3.8) is 0 Å². The lowest BCUT2D eigenvalue weighted by molar-refractivity contribution is 0.501. The van der Waals surface area contributed by atoms with Crippen LogP contribution in [0.15, 0.2) is 46.0 Å². The van der Waals surface area contributed by atoms with Gasteiger partial charge in [0, 0.05) is 16.6 Å². The van der Waals surface area contributed by atoms with E-state index in [2.05, 4.69) is 15.6 Å². The monoisotopic (exact) mass is 453 g/mol. The minimum absolute atomic E-state index is 0. The second-order valence-corrected chi connectivity index (χ2v) is 5.21. The fourth-order valence-electron chi connectivity index (χ4n) is 1.74. The molecule has 1 aromatic heterocycles. The van der Waals surface area contributed by atoms with Crippen molar-refractivity contribution in [2.24, 2.45) is 4.99 Å². The SMILES string of the molecule is CCNC(=NCc1ccc(Cl)cc1Cl)NCc1ccco1.I. The predicted octanol–water partition coefficient (Wildman–Crippen LogP) is 4.46. The van der Waals surface area contributed by atoms with E-state index >= 15 is 0 Å². The molecule has 2 aromatic rings. The second kappa shape index (κ2) is 9.97. The lowest BCUT2D eigenvalue weighted by Gasteiger charge is -2.10. The summed E-state index contributed by atoms with van der Waals surface area (Å²) in [5.41, 5.74) is 0.927. The molecule has 0 aliphatic heterocycles. The summed E-state index contributed by atoms with van der Waals surface area (Å²) < 4.78 is 5.28. The zero-order chi connectivity index (χ0) is 15.1. The van der Waals surface area contributed by atoms with E-state index in [1.165, 1.54) is 0 Å². The Morgan fingerprint density at radius 1 is 1.23 bits per heavy atom. The molecule has 0 bridgehead atoms. The van der Waals surface area contributed by atoms with E-state index in [-0.39, 0.29) is 24.0 Å². The molecule has 0 saturated carbocycles. The smallest absolute Gasteiger partial charge is 0.191 e. The minimum atomic E-state index is 0. The summed E-state index contributed by atoms with van der Waals surface area (Å²) in [5.74, 6) is 1.56. The Morgan fingerprint density at radius 2 is 2.05 bits per heavy atom. The van der Waals surface area contributed by atoms with Gasteiger partial charge < -0.3 is 15.1 Å². The van der Waals surface area contributed by atoms with Crippen LogP contribution in [0, 0.1) is 0 Å². The summed E-state index contributed by atoms with van der Waals surface area (Å²) in [6.07, 6.45) is 1.65. The average Bonchev–Trinajstić information content (AvgIpc) is 2.96. The summed E-state index contributed by atoms with van der Waals surface area (Å²) >= 11 is 12.0. The van der Waals surface area contributed by atoms with Gasteiger partial charge in [0.05, 0.1) is 19.4 Å². The van der Waals surface area contributed by atoms with Crippen LogP contribution in [0.3, 0.4) is 0 Å². The van der Waals surface area contributed by atoms with Gasteiger partial charge in [0.1, 0.15) is 5.76 Å². The number of aliphatic imine (C=N–C) groups is 1. The van der Waals surface area contributed by atoms with Crippen LogP contribution in [-0.4, -0.2) is 12.5 Å². The first-order chi connectivity index (χ1) is 10.2. The highest BCUT2D eigenvalue weighted by Gasteiger charge is 2.03. The summed E-state index contributed by atoms with van der Waals surface area (Å²) in [5, 5.41) is 7.61. The van der Waals surface area contributed by atoms with Crippen molar-refractivity contribution in [3.8, 4) is 0 Å². The van der Waals surface area contributed by atoms with Crippen molar-refractivity contribution in [3.05, 3.63) is 58.0 Å². The van der Waals surface area contributed by atoms with Gasteiger partial charge in [0.25, 0.3) is 0 Å². The number of rotatable bonds is 5. The van der Waals surface area contributed by atoms with E-state index < -0.39 is 0 Å². The van der Waals surface area contributed by atoms with Crippen LogP contribution in [0.2, 0.25) is 10.0 Å². The van der Waals surface area contributed by atoms with Gasteiger partial charge in [-0.05, 0) is 36.8 Å². The Kier molecular flexibility index (Phi) is 8.67. The molecular formula is C15H18Cl2IN3O. The molecule has 0 unspecified atom stereocenters. The maximum absolute atomic E-state index is 6.14. The van der Waals surface area contributed by atoms with E-state index in [9.17, 15) is 0 Å². The molecule has 0 aliphatic rings. The molecule has 0 saturated heterocycles. The van der Waals surface area contributed by atoms with Crippen molar-refractivity contribution in [2.75, 3.05) is 6.54 Å². The molecule has 0 radical (unpaired) electrons. The molecule has 2 N–H and O–H groups in total. The lowest BCUT2D eigenvalue weighted by Crippen LogP contribution is -2.36. The van der Waals surface area contributed by atoms with E-state index in [0.717, 1.165) is 17.9 Å². The van der Waals surface area contributed by atoms with Gasteiger partial charge in [-0.25, -0.2) is 4.99 Å². The maximum Gasteiger partial charge on any atom is 0.191 e. The van der Waals surface area contributed by atoms with Gasteiger partial charge in [-0.3, -0.25) is 0 Å². The Labute approximate surface area is 157 Å². The molecule has 4 nitrogen and oxygen atoms in total. The van der Waals surface area contributed by atoms with Crippen molar-refractivity contribution in [1.82, 2.24) is 10.6 Å². The number of guanidine groups is 1. The van der Waals surface area contributed by atoms with Crippen LogP contribution in [0.25, 0.3) is 0 Å². The Balaban J connectivity index is 0.00000242. The zero-order valence-corrected chi connectivity index (χ0v) is 15.9. The van der Waals surface area contributed by atoms with Gasteiger partial charge in [-0.2, -0.15) is 0 Å². The zero-order valence-electron chi connectivity index (χ0n) is 12.1. The first-order valence-electron chi connectivity index (χ1n) is 6.67. The molecule has 0 atom stereocenters. The molecular weight excluding hydrogens is 436 g/mol. The van der Waals surface area contributed by atoms with E-state index in [0.29, 0.717) is 29.1 Å². The topological polar surface area (TPSA) is 49.6 Å². The van der Waals surface area contributed by atoms with Gasteiger partial charge in [-0.15, -0.1) is 24.0 Å². The van der Waals surface area contributed by atoms with E-state index in [4.69, 9.17) is 27.6 Å². The summed E-state index contributed by atoms with van der Waals surface area (Å²) in [6.45, 7) is 3.84. The third kappa shape index (κ3) is 6.06. The first-order valence-corrected chi connectivity index (χ1v) is 7.43. The fourth-order valence-corrected chi connectivity index (χ4v) is 2.21. The highest BCUT2D eigenvalue weighted by Crippen LogP contribution is 2.21. The standard InChI is InChI=1S/C15H17Cl2N3O.HI/c1-2-18-15(20-10-13-4-3-7-21-13)19-9-11-5-6-12(16)8-14(11)17;/h3-8H,2,9-10H2,1H3,(H2,18,19,20);1H. The van der Waals surface area contributed by atoms with Gasteiger partial charge >= 0.3 is 0 Å². The number of halogens is 3. The van der Waals surface area contributed by atoms with Crippen LogP contribution in [0.1, 0.15) is 18.2 Å². The maximum atomic E-state index is 6.14. The largest absolute Gasteiger partial charge is 0.467 e. The molecule has 1 heterocycles. The minimum Gasteiger partial charge on any atom is -0.467 e. The highest BCUT2D eigenvalue weighted by atomic mass is 127. The van der Waals surface area contributed by atoms with Gasteiger partial charge in [-0.1, -0.05) is 29.3 Å². The summed E-state index contributed by atoms with van der Waals surface area (Å²) in [6, 6.07) is 9.17. The summed E-state index contributed by atoms with van der Waals surface area (Å²) in [7, 11) is 0. The van der Waals surface area contributed by atoms with E-state index in [1.54, 1.807) is 12.3 Å². The van der Waals surface area contributed by atoms with Gasteiger partial charge in [0.2, 0.25) is 0 Å². The number of hydrogen-bond acceptors (Lipinski definition) is 2. The number of hydrogen-bond donors (Lipinski definition) is 2. The van der Waals surface area contributed by atoms with Crippen molar-refractivity contribution in [2.45, 2.75) is 20.0 Å². The van der Waals surface area contributed by atoms with Crippen LogP contribution in [-0.2, 0) is 13.1 Å².